The molecule has 0 amide bonds. The van der Waals surface area contributed by atoms with Gasteiger partial charge in [0, 0.05) is 42.3 Å². The second-order valence-corrected chi connectivity index (χ2v) is 4.49. The molecule has 0 fully saturated rings. The predicted molar refractivity (Wildman–Crippen MR) is 78.7 cm³/mol. The number of rotatable bonds is 1. The van der Waals surface area contributed by atoms with E-state index in [0.29, 0.717) is 0 Å². The van der Waals surface area contributed by atoms with Crippen molar-refractivity contribution in [2.24, 2.45) is 0 Å². The first-order valence-corrected chi connectivity index (χ1v) is 6.32. The number of nitrogens with zero attached hydrogens (tertiary/aromatic N) is 2. The largest absolute Gasteiger partial charge is 0.348 e. The molecule has 0 saturated heterocycles. The lowest BCUT2D eigenvalue weighted by Gasteiger charge is -2.18. The van der Waals surface area contributed by atoms with Gasteiger partial charge in [-0.25, -0.2) is 0 Å². The van der Waals surface area contributed by atoms with Crippen LogP contribution in [0.15, 0.2) is 48.8 Å². The third-order valence-electron chi connectivity index (χ3n) is 3.31. The van der Waals surface area contributed by atoms with Crippen LogP contribution >= 0.6 is 0 Å². The van der Waals surface area contributed by atoms with E-state index >= 15 is 0 Å². The quantitative estimate of drug-likeness (QED) is 0.719. The average Bonchev–Trinajstić information content (AvgIpc) is 2.70. The Morgan fingerprint density at radius 1 is 1.16 bits per heavy atom. The van der Waals surface area contributed by atoms with E-state index in [2.05, 4.69) is 46.3 Å². The summed E-state index contributed by atoms with van der Waals surface area (Å²) in [4.78, 5) is 6.65. The Kier molecular flexibility index (Phi) is 3.04. The first-order chi connectivity index (χ1) is 9.36. The third-order valence-corrected chi connectivity index (χ3v) is 3.31. The molecule has 0 bridgehead atoms. The summed E-state index contributed by atoms with van der Waals surface area (Å²) in [6.45, 7) is 0.927. The maximum absolute atomic E-state index is 5.37. The predicted octanol–water partition coefficient (Wildman–Crippen LogP) is 3.10. The maximum atomic E-state index is 5.37. The van der Waals surface area contributed by atoms with Crippen LogP contribution in [0, 0.1) is 12.3 Å². The molecule has 0 saturated carbocycles. The highest BCUT2D eigenvalue weighted by Crippen LogP contribution is 2.20. The van der Waals surface area contributed by atoms with Crippen molar-refractivity contribution in [1.82, 2.24) is 4.98 Å². The summed E-state index contributed by atoms with van der Waals surface area (Å²) in [6, 6.07) is 12.1. The lowest BCUT2D eigenvalue weighted by atomic mass is 10.1. The Labute approximate surface area is 113 Å². The molecule has 1 aromatic carbocycles. The minimum atomic E-state index is 0.910. The Bertz CT molecular complexity index is 648. The Balaban J connectivity index is 1.87. The van der Waals surface area contributed by atoms with E-state index in [0.717, 1.165) is 29.9 Å². The van der Waals surface area contributed by atoms with Gasteiger partial charge in [-0.3, -0.25) is 4.98 Å². The van der Waals surface area contributed by atoms with Gasteiger partial charge in [-0.05, 0) is 42.0 Å². The Morgan fingerprint density at radius 2 is 2.00 bits per heavy atom. The van der Waals surface area contributed by atoms with Gasteiger partial charge in [-0.1, -0.05) is 12.0 Å². The lowest BCUT2D eigenvalue weighted by molar-refractivity contribution is 0.887. The SMILES string of the molecule is C#Cc1ccc(N2C=Cc3cccnc3CC2)cc1. The van der Waals surface area contributed by atoms with Crippen LogP contribution in [0.3, 0.4) is 0 Å². The smallest absolute Gasteiger partial charge is 0.0494 e. The molecule has 0 N–H and O–H groups in total. The van der Waals surface area contributed by atoms with E-state index < -0.39 is 0 Å². The summed E-state index contributed by atoms with van der Waals surface area (Å²) in [5.41, 5.74) is 4.42. The van der Waals surface area contributed by atoms with Gasteiger partial charge in [0.2, 0.25) is 0 Å². The monoisotopic (exact) mass is 246 g/mol. The summed E-state index contributed by atoms with van der Waals surface area (Å²) in [5, 5.41) is 0. The van der Waals surface area contributed by atoms with E-state index in [1.807, 2.05) is 24.4 Å². The van der Waals surface area contributed by atoms with E-state index in [9.17, 15) is 0 Å². The fourth-order valence-electron chi connectivity index (χ4n) is 2.25. The second-order valence-electron chi connectivity index (χ2n) is 4.49. The van der Waals surface area contributed by atoms with Gasteiger partial charge in [0.25, 0.3) is 0 Å². The zero-order valence-electron chi connectivity index (χ0n) is 10.6. The van der Waals surface area contributed by atoms with E-state index in [-0.39, 0.29) is 0 Å². The summed E-state index contributed by atoms with van der Waals surface area (Å²) in [5.74, 6) is 2.64. The van der Waals surface area contributed by atoms with Gasteiger partial charge in [0.05, 0.1) is 0 Å². The number of aromatic nitrogens is 1. The van der Waals surface area contributed by atoms with Crippen molar-refractivity contribution < 1.29 is 0 Å². The van der Waals surface area contributed by atoms with Gasteiger partial charge in [-0.2, -0.15) is 0 Å². The molecule has 0 aliphatic carbocycles. The highest BCUT2D eigenvalue weighted by Gasteiger charge is 2.10. The van der Waals surface area contributed by atoms with E-state index in [1.165, 1.54) is 5.56 Å². The van der Waals surface area contributed by atoms with Crippen LogP contribution in [0.25, 0.3) is 6.08 Å². The minimum Gasteiger partial charge on any atom is -0.348 e. The van der Waals surface area contributed by atoms with E-state index in [4.69, 9.17) is 6.42 Å². The summed E-state index contributed by atoms with van der Waals surface area (Å²) in [7, 11) is 0. The van der Waals surface area contributed by atoms with Crippen molar-refractivity contribution in [3.05, 3.63) is 65.6 Å². The standard InChI is InChI=1S/C17H14N2/c1-2-14-5-7-16(8-6-14)19-12-9-15-4-3-11-18-17(15)10-13-19/h1,3-9,11-12H,10,13H2. The van der Waals surface area contributed by atoms with Crippen LogP contribution in [0.1, 0.15) is 16.8 Å². The normalized spacial score (nSPS) is 13.5. The zero-order valence-corrected chi connectivity index (χ0v) is 10.6. The molecule has 0 spiro atoms. The minimum absolute atomic E-state index is 0.910. The van der Waals surface area contributed by atoms with Gasteiger partial charge >= 0.3 is 0 Å². The molecule has 2 heteroatoms. The van der Waals surface area contributed by atoms with Gasteiger partial charge in [0.1, 0.15) is 0 Å². The molecule has 2 aromatic rings. The number of hydrogen-bond donors (Lipinski definition) is 0. The number of anilines is 1. The van der Waals surface area contributed by atoms with Crippen molar-refractivity contribution in [3.63, 3.8) is 0 Å². The molecule has 1 aliphatic rings. The number of benzene rings is 1. The van der Waals surface area contributed by atoms with Crippen LogP contribution in [0.4, 0.5) is 5.69 Å². The van der Waals surface area contributed by atoms with Crippen molar-refractivity contribution in [2.75, 3.05) is 11.4 Å². The number of fused-ring (bicyclic) bond motifs is 1. The molecule has 0 unspecified atom stereocenters. The molecule has 3 rings (SSSR count). The topological polar surface area (TPSA) is 16.1 Å². The van der Waals surface area contributed by atoms with Crippen molar-refractivity contribution in [3.8, 4) is 12.3 Å². The lowest BCUT2D eigenvalue weighted by Crippen LogP contribution is -2.18. The number of terminal acetylenes is 1. The molecule has 2 heterocycles. The molecular weight excluding hydrogens is 232 g/mol. The molecule has 92 valence electrons. The van der Waals surface area contributed by atoms with Crippen LogP contribution in [0.2, 0.25) is 0 Å². The fourth-order valence-corrected chi connectivity index (χ4v) is 2.25. The van der Waals surface area contributed by atoms with Crippen LogP contribution in [0.5, 0.6) is 0 Å². The van der Waals surface area contributed by atoms with Crippen LogP contribution in [-0.2, 0) is 6.42 Å². The zero-order chi connectivity index (χ0) is 13.1. The van der Waals surface area contributed by atoms with Gasteiger partial charge in [0.15, 0.2) is 0 Å². The van der Waals surface area contributed by atoms with Crippen molar-refractivity contribution in [2.45, 2.75) is 6.42 Å². The highest BCUT2D eigenvalue weighted by molar-refractivity contribution is 5.61. The highest BCUT2D eigenvalue weighted by atomic mass is 15.1. The molecule has 2 nitrogen and oxygen atoms in total. The summed E-state index contributed by atoms with van der Waals surface area (Å²) < 4.78 is 0. The molecule has 1 aromatic heterocycles. The average molecular weight is 246 g/mol. The second kappa shape index (κ2) is 4.99. The maximum Gasteiger partial charge on any atom is 0.0494 e. The third kappa shape index (κ3) is 2.36. The van der Waals surface area contributed by atoms with E-state index in [1.54, 1.807) is 0 Å². The van der Waals surface area contributed by atoms with Crippen LogP contribution < -0.4 is 4.90 Å². The fraction of sp³-hybridized carbons (Fsp3) is 0.118. The Morgan fingerprint density at radius 3 is 2.79 bits per heavy atom. The molecule has 0 atom stereocenters. The molecule has 19 heavy (non-hydrogen) atoms. The number of hydrogen-bond acceptors (Lipinski definition) is 2. The van der Waals surface area contributed by atoms with Crippen molar-refractivity contribution >= 4 is 11.8 Å². The first-order valence-electron chi connectivity index (χ1n) is 6.32. The van der Waals surface area contributed by atoms with Crippen molar-refractivity contribution in [1.29, 1.82) is 0 Å². The molecule has 0 radical (unpaired) electrons. The summed E-state index contributed by atoms with van der Waals surface area (Å²) >= 11 is 0. The molecular formula is C17H14N2. The van der Waals surface area contributed by atoms with Gasteiger partial charge in [-0.15, -0.1) is 6.42 Å². The number of pyridine rings is 1. The Hall–Kier alpha value is -2.53. The van der Waals surface area contributed by atoms with Crippen LogP contribution in [-0.4, -0.2) is 11.5 Å². The first kappa shape index (κ1) is 11.6. The van der Waals surface area contributed by atoms with Gasteiger partial charge < -0.3 is 4.90 Å². The summed E-state index contributed by atoms with van der Waals surface area (Å²) in [6.07, 6.45) is 12.4. The molecule has 1 aliphatic heterocycles.